The Morgan fingerprint density at radius 2 is 1.62 bits per heavy atom. The van der Waals surface area contributed by atoms with Crippen molar-refractivity contribution in [2.75, 3.05) is 45.9 Å². The monoisotopic (exact) mass is 339 g/mol. The van der Waals surface area contributed by atoms with Gasteiger partial charge in [-0.15, -0.1) is 12.4 Å². The Hall–Kier alpha value is 0.0800. The third-order valence-electron chi connectivity index (χ3n) is 4.70. The van der Waals surface area contributed by atoms with Crippen molar-refractivity contribution in [3.8, 4) is 0 Å². The van der Waals surface area contributed by atoms with Crippen LogP contribution in [0.4, 0.5) is 0 Å². The van der Waals surface area contributed by atoms with Gasteiger partial charge in [0, 0.05) is 26.2 Å². The summed E-state index contributed by atoms with van der Waals surface area (Å²) in [6, 6.07) is 0. The highest BCUT2D eigenvalue weighted by Crippen LogP contribution is 2.30. The Labute approximate surface area is 133 Å². The Morgan fingerprint density at radius 3 is 2.29 bits per heavy atom. The van der Waals surface area contributed by atoms with E-state index in [0.717, 1.165) is 45.2 Å². The van der Waals surface area contributed by atoms with Gasteiger partial charge in [0.05, 0.1) is 12.2 Å². The third kappa shape index (κ3) is 3.71. The van der Waals surface area contributed by atoms with Crippen LogP contribution in [-0.4, -0.2) is 68.5 Å². The fourth-order valence-electron chi connectivity index (χ4n) is 3.45. The lowest BCUT2D eigenvalue weighted by Gasteiger charge is -2.45. The number of hydrogen-bond acceptors (Lipinski definition) is 4. The Bertz CT molecular complexity index is 428. The molecule has 1 N–H and O–H groups in total. The van der Waals surface area contributed by atoms with E-state index in [9.17, 15) is 8.42 Å². The van der Waals surface area contributed by atoms with E-state index in [2.05, 4.69) is 5.32 Å². The van der Waals surface area contributed by atoms with Crippen molar-refractivity contribution in [2.45, 2.75) is 37.7 Å². The van der Waals surface area contributed by atoms with Crippen LogP contribution in [0.15, 0.2) is 0 Å². The molecule has 124 valence electrons. The van der Waals surface area contributed by atoms with Gasteiger partial charge in [-0.3, -0.25) is 0 Å². The maximum Gasteiger partial charge on any atom is 0.282 e. The van der Waals surface area contributed by atoms with Crippen molar-refractivity contribution in [3.63, 3.8) is 0 Å². The van der Waals surface area contributed by atoms with Gasteiger partial charge in [-0.2, -0.15) is 17.0 Å². The average Bonchev–Trinajstić information content (AvgIpc) is 2.49. The number of ether oxygens (including phenoxy) is 1. The van der Waals surface area contributed by atoms with Crippen LogP contribution >= 0.6 is 12.4 Å². The maximum absolute atomic E-state index is 12.7. The summed E-state index contributed by atoms with van der Waals surface area (Å²) in [5.41, 5.74) is -0.258. The minimum Gasteiger partial charge on any atom is -0.372 e. The second-order valence-electron chi connectivity index (χ2n) is 6.08. The number of nitrogens with zero attached hydrogens (tertiary/aromatic N) is 2. The molecule has 3 rings (SSSR count). The summed E-state index contributed by atoms with van der Waals surface area (Å²) in [5, 5.41) is 3.31. The molecule has 21 heavy (non-hydrogen) atoms. The van der Waals surface area contributed by atoms with Crippen LogP contribution in [-0.2, 0) is 14.9 Å². The summed E-state index contributed by atoms with van der Waals surface area (Å²) in [7, 11) is -3.29. The second-order valence-corrected chi connectivity index (χ2v) is 8.01. The van der Waals surface area contributed by atoms with Crippen molar-refractivity contribution in [1.82, 2.24) is 13.9 Å². The van der Waals surface area contributed by atoms with Crippen molar-refractivity contribution >= 4 is 22.6 Å². The molecule has 3 heterocycles. The standard InChI is InChI=1S/C13H25N3O3S.ClH/c17-20(18,15-8-2-1-3-9-15)16-10-11-19-13(12-16)4-6-14-7-5-13;/h14H,1-12H2;1H. The molecule has 8 heteroatoms. The molecular weight excluding hydrogens is 314 g/mol. The van der Waals surface area contributed by atoms with E-state index in [4.69, 9.17) is 4.74 Å². The number of rotatable bonds is 2. The molecule has 0 unspecified atom stereocenters. The first kappa shape index (κ1) is 17.4. The summed E-state index contributed by atoms with van der Waals surface area (Å²) >= 11 is 0. The smallest absolute Gasteiger partial charge is 0.282 e. The molecule has 6 nitrogen and oxygen atoms in total. The Balaban J connectivity index is 0.00000161. The van der Waals surface area contributed by atoms with Gasteiger partial charge in [0.2, 0.25) is 0 Å². The van der Waals surface area contributed by atoms with Crippen LogP contribution in [0.2, 0.25) is 0 Å². The molecule has 3 aliphatic heterocycles. The molecule has 0 bridgehead atoms. The number of morpholine rings is 1. The van der Waals surface area contributed by atoms with E-state index < -0.39 is 10.2 Å². The predicted molar refractivity (Wildman–Crippen MR) is 84.0 cm³/mol. The zero-order chi connectivity index (χ0) is 14.1. The zero-order valence-corrected chi connectivity index (χ0v) is 14.1. The number of hydrogen-bond donors (Lipinski definition) is 1. The summed E-state index contributed by atoms with van der Waals surface area (Å²) in [6.45, 7) is 4.71. The maximum atomic E-state index is 12.7. The van der Waals surface area contributed by atoms with E-state index >= 15 is 0 Å². The summed E-state index contributed by atoms with van der Waals surface area (Å²) in [4.78, 5) is 0. The van der Waals surface area contributed by atoms with E-state index in [1.165, 1.54) is 0 Å². The number of piperidine rings is 2. The lowest BCUT2D eigenvalue weighted by atomic mass is 9.91. The van der Waals surface area contributed by atoms with Gasteiger partial charge in [-0.05, 0) is 38.8 Å². The largest absolute Gasteiger partial charge is 0.372 e. The predicted octanol–water partition coefficient (Wildman–Crippen LogP) is 0.593. The van der Waals surface area contributed by atoms with Crippen LogP contribution < -0.4 is 5.32 Å². The molecule has 0 atom stereocenters. The van der Waals surface area contributed by atoms with Crippen molar-refractivity contribution in [2.24, 2.45) is 0 Å². The van der Waals surface area contributed by atoms with Gasteiger partial charge in [0.15, 0.2) is 0 Å². The van der Waals surface area contributed by atoms with Gasteiger partial charge in [0.1, 0.15) is 0 Å². The van der Waals surface area contributed by atoms with E-state index in [-0.39, 0.29) is 18.0 Å². The summed E-state index contributed by atoms with van der Waals surface area (Å²) in [5.74, 6) is 0. The highest BCUT2D eigenvalue weighted by molar-refractivity contribution is 7.86. The van der Waals surface area contributed by atoms with Crippen LogP contribution in [0.3, 0.4) is 0 Å². The van der Waals surface area contributed by atoms with Crippen molar-refractivity contribution < 1.29 is 13.2 Å². The lowest BCUT2D eigenvalue weighted by molar-refractivity contribution is -0.106. The fraction of sp³-hybridized carbons (Fsp3) is 1.00. The van der Waals surface area contributed by atoms with E-state index in [1.807, 2.05) is 0 Å². The quantitative estimate of drug-likeness (QED) is 0.800. The fourth-order valence-corrected chi connectivity index (χ4v) is 5.20. The van der Waals surface area contributed by atoms with Crippen LogP contribution in [0, 0.1) is 0 Å². The molecule has 0 aromatic heterocycles. The minimum absolute atomic E-state index is 0. The summed E-state index contributed by atoms with van der Waals surface area (Å²) in [6.07, 6.45) is 4.92. The molecule has 0 aliphatic carbocycles. The molecular formula is C13H26ClN3O3S. The normalized spacial score (nSPS) is 28.2. The lowest BCUT2D eigenvalue weighted by Crippen LogP contribution is -2.59. The van der Waals surface area contributed by atoms with Crippen molar-refractivity contribution in [1.29, 1.82) is 0 Å². The van der Waals surface area contributed by atoms with Crippen molar-refractivity contribution in [3.05, 3.63) is 0 Å². The number of nitrogens with one attached hydrogen (secondary N) is 1. The Kier molecular flexibility index (Phi) is 5.90. The van der Waals surface area contributed by atoms with Gasteiger partial charge in [0.25, 0.3) is 10.2 Å². The molecule has 3 saturated heterocycles. The second kappa shape index (κ2) is 7.10. The Morgan fingerprint density at radius 1 is 0.952 bits per heavy atom. The van der Waals surface area contributed by atoms with Gasteiger partial charge < -0.3 is 10.1 Å². The zero-order valence-electron chi connectivity index (χ0n) is 12.4. The molecule has 0 radical (unpaired) electrons. The highest BCUT2D eigenvalue weighted by Gasteiger charge is 2.43. The van der Waals surface area contributed by atoms with E-state index in [1.54, 1.807) is 8.61 Å². The first-order chi connectivity index (χ1) is 9.62. The van der Waals surface area contributed by atoms with Crippen LogP contribution in [0.1, 0.15) is 32.1 Å². The van der Waals surface area contributed by atoms with Crippen LogP contribution in [0.25, 0.3) is 0 Å². The topological polar surface area (TPSA) is 61.9 Å². The molecule has 3 fully saturated rings. The number of halogens is 1. The highest BCUT2D eigenvalue weighted by atomic mass is 35.5. The third-order valence-corrected chi connectivity index (χ3v) is 6.68. The molecule has 0 saturated carbocycles. The molecule has 3 aliphatic rings. The first-order valence-electron chi connectivity index (χ1n) is 7.72. The van der Waals surface area contributed by atoms with Crippen LogP contribution in [0.5, 0.6) is 0 Å². The van der Waals surface area contributed by atoms with Gasteiger partial charge >= 0.3 is 0 Å². The van der Waals surface area contributed by atoms with E-state index in [0.29, 0.717) is 32.8 Å². The SMILES string of the molecule is Cl.O=S(=O)(N1CCCCC1)N1CCOC2(CCNCC2)C1. The summed E-state index contributed by atoms with van der Waals surface area (Å²) < 4.78 is 34.8. The molecule has 1 spiro atoms. The molecule has 0 amide bonds. The molecule has 0 aromatic carbocycles. The van der Waals surface area contributed by atoms with Gasteiger partial charge in [-0.1, -0.05) is 6.42 Å². The first-order valence-corrected chi connectivity index (χ1v) is 9.12. The minimum atomic E-state index is -3.29. The average molecular weight is 340 g/mol. The molecule has 0 aromatic rings. The van der Waals surface area contributed by atoms with Gasteiger partial charge in [-0.25, -0.2) is 0 Å².